The van der Waals surface area contributed by atoms with Crippen LogP contribution in [0.2, 0.25) is 0 Å². The molecule has 144 valence electrons. The fourth-order valence-electron chi connectivity index (χ4n) is 4.02. The van der Waals surface area contributed by atoms with Gasteiger partial charge < -0.3 is 5.32 Å². The van der Waals surface area contributed by atoms with Gasteiger partial charge in [-0.25, -0.2) is 4.39 Å². The fraction of sp³-hybridized carbons (Fsp3) is 0.611. The fourth-order valence-corrected chi connectivity index (χ4v) is 4.02. The Morgan fingerprint density at radius 2 is 2.00 bits per heavy atom. The predicted octanol–water partition coefficient (Wildman–Crippen LogP) is 2.63. The molecular formula is C18H23F4N3O. The number of rotatable bonds is 2. The van der Waals surface area contributed by atoms with Gasteiger partial charge in [-0.1, -0.05) is 0 Å². The summed E-state index contributed by atoms with van der Waals surface area (Å²) in [6.07, 6.45) is -2.68. The summed E-state index contributed by atoms with van der Waals surface area (Å²) < 4.78 is 53.3. The molecule has 2 aliphatic rings. The van der Waals surface area contributed by atoms with Crippen LogP contribution >= 0.6 is 0 Å². The van der Waals surface area contributed by atoms with Gasteiger partial charge in [-0.2, -0.15) is 13.2 Å². The lowest BCUT2D eigenvalue weighted by Gasteiger charge is -2.49. The van der Waals surface area contributed by atoms with Gasteiger partial charge in [0.15, 0.2) is 0 Å². The zero-order chi connectivity index (χ0) is 18.9. The SMILES string of the molecule is CN1CCN(Cc2cc(F)ccc2C(F)(F)F)CC12CCNC(=O)CC2. The van der Waals surface area contributed by atoms with E-state index in [1.54, 1.807) is 0 Å². The Morgan fingerprint density at radius 3 is 2.73 bits per heavy atom. The number of amides is 1. The van der Waals surface area contributed by atoms with Crippen LogP contribution in [0.1, 0.15) is 30.4 Å². The highest BCUT2D eigenvalue weighted by atomic mass is 19.4. The van der Waals surface area contributed by atoms with Gasteiger partial charge in [0.2, 0.25) is 5.91 Å². The number of nitrogens with zero attached hydrogens (tertiary/aromatic N) is 2. The van der Waals surface area contributed by atoms with E-state index in [-0.39, 0.29) is 23.6 Å². The largest absolute Gasteiger partial charge is 0.416 e. The van der Waals surface area contributed by atoms with Crippen LogP contribution in [0.4, 0.5) is 17.6 Å². The number of nitrogens with one attached hydrogen (secondary N) is 1. The van der Waals surface area contributed by atoms with E-state index in [9.17, 15) is 22.4 Å². The van der Waals surface area contributed by atoms with Gasteiger partial charge in [-0.3, -0.25) is 14.6 Å². The van der Waals surface area contributed by atoms with Crippen LogP contribution < -0.4 is 5.32 Å². The van der Waals surface area contributed by atoms with E-state index < -0.39 is 17.6 Å². The van der Waals surface area contributed by atoms with Crippen molar-refractivity contribution in [1.29, 1.82) is 0 Å². The third-order valence-corrected chi connectivity index (χ3v) is 5.58. The lowest BCUT2D eigenvalue weighted by molar-refractivity contribution is -0.138. The van der Waals surface area contributed by atoms with Gasteiger partial charge in [0.1, 0.15) is 5.82 Å². The molecule has 0 aromatic heterocycles. The molecule has 0 saturated carbocycles. The molecule has 1 N–H and O–H groups in total. The molecule has 26 heavy (non-hydrogen) atoms. The van der Waals surface area contributed by atoms with Crippen molar-refractivity contribution in [3.63, 3.8) is 0 Å². The second kappa shape index (κ2) is 7.15. The summed E-state index contributed by atoms with van der Waals surface area (Å²) in [5.41, 5.74) is -1.08. The van der Waals surface area contributed by atoms with Crippen LogP contribution in [0, 0.1) is 5.82 Å². The number of carbonyl (C=O) groups is 1. The van der Waals surface area contributed by atoms with Crippen molar-refractivity contribution >= 4 is 5.91 Å². The quantitative estimate of drug-likeness (QED) is 0.810. The maximum absolute atomic E-state index is 13.6. The van der Waals surface area contributed by atoms with Gasteiger partial charge in [0.05, 0.1) is 5.56 Å². The molecule has 0 bridgehead atoms. The maximum atomic E-state index is 13.6. The molecule has 1 spiro atoms. The number of piperazine rings is 1. The molecule has 1 atom stereocenters. The third-order valence-electron chi connectivity index (χ3n) is 5.58. The van der Waals surface area contributed by atoms with Crippen molar-refractivity contribution in [2.24, 2.45) is 0 Å². The molecule has 1 amide bonds. The Kier molecular flexibility index (Phi) is 5.25. The van der Waals surface area contributed by atoms with Crippen LogP contribution in [-0.2, 0) is 17.5 Å². The number of hydrogen-bond donors (Lipinski definition) is 1. The number of alkyl halides is 3. The second-order valence-corrected chi connectivity index (χ2v) is 7.26. The first-order valence-corrected chi connectivity index (χ1v) is 8.76. The zero-order valence-corrected chi connectivity index (χ0v) is 14.7. The summed E-state index contributed by atoms with van der Waals surface area (Å²) >= 11 is 0. The Hall–Kier alpha value is -1.67. The average Bonchev–Trinajstić information content (AvgIpc) is 2.73. The Morgan fingerprint density at radius 1 is 1.23 bits per heavy atom. The van der Waals surface area contributed by atoms with E-state index in [2.05, 4.69) is 10.2 Å². The van der Waals surface area contributed by atoms with Gasteiger partial charge >= 0.3 is 6.18 Å². The van der Waals surface area contributed by atoms with Gasteiger partial charge in [0, 0.05) is 44.7 Å². The first-order chi connectivity index (χ1) is 12.2. The first-order valence-electron chi connectivity index (χ1n) is 8.76. The zero-order valence-electron chi connectivity index (χ0n) is 14.7. The smallest absolute Gasteiger partial charge is 0.356 e. The molecule has 0 aliphatic carbocycles. The van der Waals surface area contributed by atoms with E-state index in [4.69, 9.17) is 0 Å². The van der Waals surface area contributed by atoms with Crippen molar-refractivity contribution in [2.45, 2.75) is 37.5 Å². The molecule has 2 fully saturated rings. The Labute approximate surface area is 150 Å². The lowest BCUT2D eigenvalue weighted by Crippen LogP contribution is -2.60. The molecule has 3 rings (SSSR count). The van der Waals surface area contributed by atoms with Gasteiger partial charge in [-0.15, -0.1) is 0 Å². The maximum Gasteiger partial charge on any atom is 0.416 e. The van der Waals surface area contributed by atoms with Gasteiger partial charge in [-0.05, 0) is 43.7 Å². The predicted molar refractivity (Wildman–Crippen MR) is 88.9 cm³/mol. The number of likely N-dealkylation sites (N-methyl/N-ethyl adjacent to an activating group) is 1. The minimum atomic E-state index is -4.51. The van der Waals surface area contributed by atoms with Crippen molar-refractivity contribution in [3.05, 3.63) is 35.1 Å². The molecule has 1 aromatic carbocycles. The van der Waals surface area contributed by atoms with E-state index in [0.717, 1.165) is 24.6 Å². The standard InChI is InChI=1S/C18H23F4N3O/c1-24-8-9-25(12-17(24)5-4-16(26)23-7-6-17)11-13-10-14(19)2-3-15(13)18(20,21)22/h2-3,10H,4-9,11-12H2,1H3,(H,23,26). The summed E-state index contributed by atoms with van der Waals surface area (Å²) in [5.74, 6) is -0.655. The molecule has 0 radical (unpaired) electrons. The molecule has 2 heterocycles. The van der Waals surface area contributed by atoms with Crippen LogP contribution in [0.15, 0.2) is 18.2 Å². The van der Waals surface area contributed by atoms with Crippen LogP contribution in [0.5, 0.6) is 0 Å². The summed E-state index contributed by atoms with van der Waals surface area (Å²) in [6.45, 7) is 2.47. The number of hydrogen-bond acceptors (Lipinski definition) is 3. The van der Waals surface area contributed by atoms with E-state index in [1.165, 1.54) is 0 Å². The molecule has 1 aromatic rings. The highest BCUT2D eigenvalue weighted by Gasteiger charge is 2.41. The monoisotopic (exact) mass is 373 g/mol. The minimum Gasteiger partial charge on any atom is -0.356 e. The van der Waals surface area contributed by atoms with Crippen molar-refractivity contribution in [1.82, 2.24) is 15.1 Å². The van der Waals surface area contributed by atoms with Crippen molar-refractivity contribution in [2.75, 3.05) is 33.2 Å². The molecule has 2 aliphatic heterocycles. The molecular weight excluding hydrogens is 350 g/mol. The van der Waals surface area contributed by atoms with Crippen molar-refractivity contribution < 1.29 is 22.4 Å². The Bertz CT molecular complexity index is 679. The first kappa shape index (κ1) is 19.1. The van der Waals surface area contributed by atoms with E-state index >= 15 is 0 Å². The number of carbonyl (C=O) groups excluding carboxylic acids is 1. The highest BCUT2D eigenvalue weighted by Crippen LogP contribution is 2.35. The molecule has 2 saturated heterocycles. The molecule has 1 unspecified atom stereocenters. The van der Waals surface area contributed by atoms with E-state index in [0.29, 0.717) is 39.0 Å². The van der Waals surface area contributed by atoms with Gasteiger partial charge in [0.25, 0.3) is 0 Å². The highest BCUT2D eigenvalue weighted by molar-refractivity contribution is 5.76. The normalized spacial score (nSPS) is 26.0. The summed E-state index contributed by atoms with van der Waals surface area (Å²) in [6, 6.07) is 2.64. The summed E-state index contributed by atoms with van der Waals surface area (Å²) in [7, 11) is 2.00. The summed E-state index contributed by atoms with van der Waals surface area (Å²) in [4.78, 5) is 15.8. The number of halogens is 4. The van der Waals surface area contributed by atoms with Crippen LogP contribution in [-0.4, -0.2) is 54.5 Å². The molecule has 4 nitrogen and oxygen atoms in total. The average molecular weight is 373 g/mol. The third kappa shape index (κ3) is 4.01. The number of benzene rings is 1. The molecule has 8 heteroatoms. The van der Waals surface area contributed by atoms with E-state index in [1.807, 2.05) is 11.9 Å². The minimum absolute atomic E-state index is 0.0110. The van der Waals surface area contributed by atoms with Crippen molar-refractivity contribution in [3.8, 4) is 0 Å². The van der Waals surface area contributed by atoms with Crippen LogP contribution in [0.3, 0.4) is 0 Å². The lowest BCUT2D eigenvalue weighted by atomic mass is 9.86. The summed E-state index contributed by atoms with van der Waals surface area (Å²) in [5, 5.41) is 2.86. The second-order valence-electron chi connectivity index (χ2n) is 7.26. The topological polar surface area (TPSA) is 35.6 Å². The Balaban J connectivity index is 1.81. The van der Waals surface area contributed by atoms with Crippen LogP contribution in [0.25, 0.3) is 0 Å².